The fourth-order valence-corrected chi connectivity index (χ4v) is 2.05. The van der Waals surface area contributed by atoms with E-state index in [1.807, 2.05) is 13.0 Å². The van der Waals surface area contributed by atoms with Crippen molar-refractivity contribution < 1.29 is 9.53 Å². The van der Waals surface area contributed by atoms with Crippen molar-refractivity contribution in [1.29, 1.82) is 0 Å². The number of ether oxygens (including phenoxy) is 1. The maximum atomic E-state index is 11.6. The molecular formula is C15H14N4O2. The van der Waals surface area contributed by atoms with Crippen molar-refractivity contribution in [3.05, 3.63) is 47.7 Å². The summed E-state index contributed by atoms with van der Waals surface area (Å²) in [6.07, 6.45) is 1.77. The predicted octanol–water partition coefficient (Wildman–Crippen LogP) is 2.30. The number of aromatic nitrogens is 4. The Morgan fingerprint density at radius 2 is 2.05 bits per heavy atom. The number of hydrogen-bond acceptors (Lipinski definition) is 5. The SMILES string of the molecule is CCOC(=O)c1ccc(-n2nnc3cc(C)cnc32)cc1. The van der Waals surface area contributed by atoms with Crippen LogP contribution >= 0.6 is 0 Å². The second-order valence-corrected chi connectivity index (χ2v) is 4.62. The molecular weight excluding hydrogens is 268 g/mol. The molecule has 2 heterocycles. The smallest absolute Gasteiger partial charge is 0.338 e. The Hall–Kier alpha value is -2.76. The second-order valence-electron chi connectivity index (χ2n) is 4.62. The highest BCUT2D eigenvalue weighted by molar-refractivity contribution is 5.89. The quantitative estimate of drug-likeness (QED) is 0.689. The van der Waals surface area contributed by atoms with Gasteiger partial charge in [0.1, 0.15) is 5.52 Å². The molecule has 0 bridgehead atoms. The summed E-state index contributed by atoms with van der Waals surface area (Å²) in [6, 6.07) is 8.92. The molecule has 0 saturated heterocycles. The molecule has 3 aromatic rings. The molecule has 0 aliphatic carbocycles. The predicted molar refractivity (Wildman–Crippen MR) is 77.4 cm³/mol. The Labute approximate surface area is 121 Å². The van der Waals surface area contributed by atoms with Crippen molar-refractivity contribution in [1.82, 2.24) is 20.0 Å². The molecule has 0 saturated carbocycles. The average molecular weight is 282 g/mol. The van der Waals surface area contributed by atoms with Crippen LogP contribution in [-0.4, -0.2) is 32.6 Å². The number of benzene rings is 1. The number of aryl methyl sites for hydroxylation is 1. The van der Waals surface area contributed by atoms with Crippen LogP contribution in [0.1, 0.15) is 22.8 Å². The van der Waals surface area contributed by atoms with Crippen molar-refractivity contribution in [3.8, 4) is 5.69 Å². The molecule has 0 radical (unpaired) electrons. The molecule has 0 aliphatic rings. The van der Waals surface area contributed by atoms with Gasteiger partial charge in [0.05, 0.1) is 17.9 Å². The molecule has 0 fully saturated rings. The molecule has 106 valence electrons. The Bertz CT molecular complexity index is 793. The highest BCUT2D eigenvalue weighted by Gasteiger charge is 2.10. The van der Waals surface area contributed by atoms with Crippen molar-refractivity contribution >= 4 is 17.1 Å². The Kier molecular flexibility index (Phi) is 3.35. The zero-order chi connectivity index (χ0) is 14.8. The van der Waals surface area contributed by atoms with E-state index in [1.54, 1.807) is 42.1 Å². The van der Waals surface area contributed by atoms with E-state index in [4.69, 9.17) is 4.74 Å². The van der Waals surface area contributed by atoms with E-state index in [9.17, 15) is 4.79 Å². The molecule has 3 rings (SSSR count). The van der Waals surface area contributed by atoms with Crippen LogP contribution in [-0.2, 0) is 4.74 Å². The lowest BCUT2D eigenvalue weighted by atomic mass is 10.2. The summed E-state index contributed by atoms with van der Waals surface area (Å²) < 4.78 is 6.60. The third-order valence-electron chi connectivity index (χ3n) is 3.05. The van der Waals surface area contributed by atoms with Gasteiger partial charge in [0.2, 0.25) is 0 Å². The summed E-state index contributed by atoms with van der Waals surface area (Å²) in [5.74, 6) is -0.332. The van der Waals surface area contributed by atoms with Gasteiger partial charge in [-0.15, -0.1) is 5.10 Å². The number of esters is 1. The fraction of sp³-hybridized carbons (Fsp3) is 0.200. The molecule has 0 atom stereocenters. The van der Waals surface area contributed by atoms with Gasteiger partial charge >= 0.3 is 5.97 Å². The zero-order valence-electron chi connectivity index (χ0n) is 11.8. The first-order valence-electron chi connectivity index (χ1n) is 6.64. The number of hydrogen-bond donors (Lipinski definition) is 0. The monoisotopic (exact) mass is 282 g/mol. The molecule has 0 N–H and O–H groups in total. The topological polar surface area (TPSA) is 69.9 Å². The molecule has 0 unspecified atom stereocenters. The number of carbonyl (C=O) groups is 1. The summed E-state index contributed by atoms with van der Waals surface area (Å²) in [7, 11) is 0. The van der Waals surface area contributed by atoms with Gasteiger partial charge in [-0.3, -0.25) is 0 Å². The van der Waals surface area contributed by atoms with Gasteiger partial charge < -0.3 is 4.74 Å². The second kappa shape index (κ2) is 5.32. The molecule has 6 nitrogen and oxygen atoms in total. The standard InChI is InChI=1S/C15H14N4O2/c1-3-21-15(20)11-4-6-12(7-5-11)19-14-13(17-18-19)8-10(2)9-16-14/h4-9H,3H2,1-2H3. The lowest BCUT2D eigenvalue weighted by Gasteiger charge is -2.04. The van der Waals surface area contributed by atoms with Crippen LogP contribution in [0.3, 0.4) is 0 Å². The third kappa shape index (κ3) is 2.47. The minimum atomic E-state index is -0.332. The van der Waals surface area contributed by atoms with Gasteiger partial charge in [-0.25, -0.2) is 9.78 Å². The molecule has 2 aromatic heterocycles. The van der Waals surface area contributed by atoms with Crippen LogP contribution in [0.4, 0.5) is 0 Å². The molecule has 6 heteroatoms. The van der Waals surface area contributed by atoms with Crippen LogP contribution in [0.5, 0.6) is 0 Å². The van der Waals surface area contributed by atoms with Crippen LogP contribution in [0.2, 0.25) is 0 Å². The number of fused-ring (bicyclic) bond motifs is 1. The van der Waals surface area contributed by atoms with Crippen molar-refractivity contribution in [3.63, 3.8) is 0 Å². The largest absolute Gasteiger partial charge is 0.462 e. The number of rotatable bonds is 3. The summed E-state index contributed by atoms with van der Waals surface area (Å²) >= 11 is 0. The molecule has 0 amide bonds. The third-order valence-corrected chi connectivity index (χ3v) is 3.05. The van der Waals surface area contributed by atoms with Crippen molar-refractivity contribution in [2.24, 2.45) is 0 Å². The summed E-state index contributed by atoms with van der Waals surface area (Å²) in [5.41, 5.74) is 3.76. The maximum absolute atomic E-state index is 11.6. The van der Waals surface area contributed by atoms with Crippen molar-refractivity contribution in [2.45, 2.75) is 13.8 Å². The van der Waals surface area contributed by atoms with Gasteiger partial charge in [-0.05, 0) is 49.7 Å². The number of carbonyl (C=O) groups excluding carboxylic acids is 1. The Morgan fingerprint density at radius 1 is 1.29 bits per heavy atom. The van der Waals surface area contributed by atoms with Crippen LogP contribution in [0, 0.1) is 6.92 Å². The molecule has 0 aliphatic heterocycles. The molecule has 1 aromatic carbocycles. The van der Waals surface area contributed by atoms with Gasteiger partial charge in [0, 0.05) is 6.20 Å². The lowest BCUT2D eigenvalue weighted by molar-refractivity contribution is 0.0526. The van der Waals surface area contributed by atoms with Gasteiger partial charge in [0.25, 0.3) is 0 Å². The first-order chi connectivity index (χ1) is 10.2. The minimum Gasteiger partial charge on any atom is -0.462 e. The van der Waals surface area contributed by atoms with E-state index in [1.165, 1.54) is 0 Å². The fourth-order valence-electron chi connectivity index (χ4n) is 2.05. The van der Waals surface area contributed by atoms with Crippen LogP contribution < -0.4 is 0 Å². The van der Waals surface area contributed by atoms with Gasteiger partial charge in [-0.1, -0.05) is 5.21 Å². The number of nitrogens with zero attached hydrogens (tertiary/aromatic N) is 4. The van der Waals surface area contributed by atoms with E-state index in [-0.39, 0.29) is 5.97 Å². The Morgan fingerprint density at radius 3 is 2.76 bits per heavy atom. The summed E-state index contributed by atoms with van der Waals surface area (Å²) in [4.78, 5) is 16.0. The van der Waals surface area contributed by atoms with E-state index >= 15 is 0 Å². The first-order valence-corrected chi connectivity index (χ1v) is 6.64. The maximum Gasteiger partial charge on any atom is 0.338 e. The first kappa shape index (κ1) is 13.2. The van der Waals surface area contributed by atoms with E-state index in [0.717, 1.165) is 16.8 Å². The van der Waals surface area contributed by atoms with Crippen LogP contribution in [0.15, 0.2) is 36.5 Å². The molecule has 0 spiro atoms. The van der Waals surface area contributed by atoms with E-state index in [0.29, 0.717) is 17.8 Å². The van der Waals surface area contributed by atoms with Gasteiger partial charge in [0.15, 0.2) is 5.65 Å². The van der Waals surface area contributed by atoms with Gasteiger partial charge in [-0.2, -0.15) is 4.68 Å². The minimum absolute atomic E-state index is 0.332. The van der Waals surface area contributed by atoms with Crippen molar-refractivity contribution in [2.75, 3.05) is 6.61 Å². The zero-order valence-corrected chi connectivity index (χ0v) is 11.8. The molecule has 21 heavy (non-hydrogen) atoms. The average Bonchev–Trinajstić information content (AvgIpc) is 2.90. The van der Waals surface area contributed by atoms with E-state index < -0.39 is 0 Å². The summed E-state index contributed by atoms with van der Waals surface area (Å²) in [5, 5.41) is 8.21. The normalized spacial score (nSPS) is 10.8. The summed E-state index contributed by atoms with van der Waals surface area (Å²) in [6.45, 7) is 4.10. The lowest BCUT2D eigenvalue weighted by Crippen LogP contribution is -2.05. The highest BCUT2D eigenvalue weighted by Crippen LogP contribution is 2.16. The Balaban J connectivity index is 1.97. The highest BCUT2D eigenvalue weighted by atomic mass is 16.5. The van der Waals surface area contributed by atoms with Crippen LogP contribution in [0.25, 0.3) is 16.9 Å². The number of pyridine rings is 1. The van der Waals surface area contributed by atoms with E-state index in [2.05, 4.69) is 15.3 Å².